The van der Waals surface area contributed by atoms with E-state index in [0.717, 1.165) is 0 Å². The SMILES string of the molecule is C=CCC(O)(CC)OC(=O)C(Cl)Cl. The maximum absolute atomic E-state index is 10.9. The first-order chi connectivity index (χ1) is 5.95. The number of alkyl halides is 2. The van der Waals surface area contributed by atoms with E-state index in [1.165, 1.54) is 6.08 Å². The zero-order valence-electron chi connectivity index (χ0n) is 7.30. The van der Waals surface area contributed by atoms with Gasteiger partial charge < -0.3 is 9.84 Å². The summed E-state index contributed by atoms with van der Waals surface area (Å²) in [5.74, 6) is -2.39. The van der Waals surface area contributed by atoms with Gasteiger partial charge in [-0.25, -0.2) is 4.79 Å². The molecule has 0 saturated carbocycles. The fourth-order valence-corrected chi connectivity index (χ4v) is 0.805. The molecule has 0 aromatic rings. The Bertz CT molecular complexity index is 194. The van der Waals surface area contributed by atoms with Crippen molar-refractivity contribution in [1.82, 2.24) is 0 Å². The smallest absolute Gasteiger partial charge is 0.341 e. The van der Waals surface area contributed by atoms with Crippen molar-refractivity contribution in [2.24, 2.45) is 0 Å². The summed E-state index contributed by atoms with van der Waals surface area (Å²) in [4.78, 5) is 9.64. The van der Waals surface area contributed by atoms with E-state index in [1.807, 2.05) is 0 Å². The van der Waals surface area contributed by atoms with E-state index in [4.69, 9.17) is 23.2 Å². The molecule has 0 bridgehead atoms. The molecule has 0 rings (SSSR count). The highest BCUT2D eigenvalue weighted by molar-refractivity contribution is 6.52. The highest BCUT2D eigenvalue weighted by Gasteiger charge is 2.30. The molecule has 1 atom stereocenters. The molecule has 0 aliphatic carbocycles. The molecule has 0 radical (unpaired) electrons. The van der Waals surface area contributed by atoms with Crippen LogP contribution in [0.5, 0.6) is 0 Å². The molecule has 0 aromatic carbocycles. The van der Waals surface area contributed by atoms with Gasteiger partial charge in [0.05, 0.1) is 0 Å². The molecule has 0 fully saturated rings. The molecule has 1 unspecified atom stereocenters. The number of esters is 1. The van der Waals surface area contributed by atoms with E-state index in [-0.39, 0.29) is 12.8 Å². The largest absolute Gasteiger partial charge is 0.431 e. The number of rotatable bonds is 5. The van der Waals surface area contributed by atoms with Crippen LogP contribution in [0.3, 0.4) is 0 Å². The summed E-state index contributed by atoms with van der Waals surface area (Å²) in [5.41, 5.74) is 0. The van der Waals surface area contributed by atoms with Gasteiger partial charge in [-0.15, -0.1) is 6.58 Å². The normalized spacial score (nSPS) is 15.2. The topological polar surface area (TPSA) is 46.5 Å². The van der Waals surface area contributed by atoms with Crippen LogP contribution in [-0.2, 0) is 9.53 Å². The van der Waals surface area contributed by atoms with Gasteiger partial charge in [-0.05, 0) is 0 Å². The summed E-state index contributed by atoms with van der Waals surface area (Å²) in [5, 5.41) is 9.61. The molecule has 1 N–H and O–H groups in total. The minimum Gasteiger partial charge on any atom is -0.431 e. The molecule has 3 nitrogen and oxygen atoms in total. The fourth-order valence-electron chi connectivity index (χ4n) is 0.715. The first kappa shape index (κ1) is 12.8. The molecule has 76 valence electrons. The van der Waals surface area contributed by atoms with Crippen LogP contribution in [-0.4, -0.2) is 21.7 Å². The van der Waals surface area contributed by atoms with Crippen molar-refractivity contribution >= 4 is 29.2 Å². The van der Waals surface area contributed by atoms with Gasteiger partial charge in [0.2, 0.25) is 10.6 Å². The van der Waals surface area contributed by atoms with E-state index in [9.17, 15) is 9.90 Å². The van der Waals surface area contributed by atoms with Gasteiger partial charge in [0.15, 0.2) is 0 Å². The zero-order chi connectivity index (χ0) is 10.5. The number of hydrogen-bond donors (Lipinski definition) is 1. The standard InChI is InChI=1S/C8H12Cl2O3/c1-3-5-8(12,4-2)13-7(11)6(9)10/h3,6,12H,1,4-5H2,2H3. The molecule has 0 heterocycles. The summed E-state index contributed by atoms with van der Waals surface area (Å²) >= 11 is 10.5. The van der Waals surface area contributed by atoms with Gasteiger partial charge >= 0.3 is 5.97 Å². The summed E-state index contributed by atoms with van der Waals surface area (Å²) < 4.78 is 4.67. The van der Waals surface area contributed by atoms with Crippen LogP contribution >= 0.6 is 23.2 Å². The molecule has 13 heavy (non-hydrogen) atoms. The van der Waals surface area contributed by atoms with Crippen molar-refractivity contribution in [3.8, 4) is 0 Å². The lowest BCUT2D eigenvalue weighted by Crippen LogP contribution is -2.35. The second-order valence-corrected chi connectivity index (χ2v) is 3.61. The van der Waals surface area contributed by atoms with Crippen LogP contribution < -0.4 is 0 Å². The van der Waals surface area contributed by atoms with Gasteiger partial charge in [-0.1, -0.05) is 36.2 Å². The zero-order valence-corrected chi connectivity index (χ0v) is 8.81. The Morgan fingerprint density at radius 2 is 2.31 bits per heavy atom. The van der Waals surface area contributed by atoms with Crippen LogP contribution in [0.25, 0.3) is 0 Å². The first-order valence-electron chi connectivity index (χ1n) is 3.79. The monoisotopic (exact) mass is 226 g/mol. The van der Waals surface area contributed by atoms with E-state index in [0.29, 0.717) is 0 Å². The van der Waals surface area contributed by atoms with Crippen molar-refractivity contribution < 1.29 is 14.6 Å². The van der Waals surface area contributed by atoms with Gasteiger partial charge in [0.25, 0.3) is 0 Å². The third-order valence-corrected chi connectivity index (χ3v) is 1.84. The van der Waals surface area contributed by atoms with Crippen LogP contribution in [0.1, 0.15) is 19.8 Å². The molecular weight excluding hydrogens is 215 g/mol. The lowest BCUT2D eigenvalue weighted by molar-refractivity contribution is -0.207. The lowest BCUT2D eigenvalue weighted by atomic mass is 10.1. The van der Waals surface area contributed by atoms with Gasteiger partial charge in [-0.3, -0.25) is 0 Å². The molecular formula is C8H12Cl2O3. The highest BCUT2D eigenvalue weighted by atomic mass is 35.5. The Hall–Kier alpha value is -0.250. The minimum absolute atomic E-state index is 0.149. The summed E-state index contributed by atoms with van der Waals surface area (Å²) in [6.45, 7) is 5.10. The average Bonchev–Trinajstić information content (AvgIpc) is 2.04. The van der Waals surface area contributed by atoms with E-state index >= 15 is 0 Å². The molecule has 0 saturated heterocycles. The van der Waals surface area contributed by atoms with Crippen molar-refractivity contribution in [3.05, 3.63) is 12.7 Å². The Labute approximate surface area is 87.3 Å². The third-order valence-electron chi connectivity index (χ3n) is 1.48. The fraction of sp³-hybridized carbons (Fsp3) is 0.625. The predicted octanol–water partition coefficient (Wildman–Crippen LogP) is 2.01. The van der Waals surface area contributed by atoms with Crippen LogP contribution in [0.4, 0.5) is 0 Å². The van der Waals surface area contributed by atoms with Gasteiger partial charge in [0.1, 0.15) is 0 Å². The van der Waals surface area contributed by atoms with Crippen molar-refractivity contribution in [2.75, 3.05) is 0 Å². The third kappa shape index (κ3) is 4.50. The number of halogens is 2. The second-order valence-electron chi connectivity index (χ2n) is 2.51. The molecule has 0 aromatic heterocycles. The van der Waals surface area contributed by atoms with E-state index in [1.54, 1.807) is 6.92 Å². The Kier molecular flexibility index (Phi) is 5.37. The van der Waals surface area contributed by atoms with Crippen molar-refractivity contribution in [1.29, 1.82) is 0 Å². The van der Waals surface area contributed by atoms with E-state index in [2.05, 4.69) is 11.3 Å². The summed E-state index contributed by atoms with van der Waals surface area (Å²) in [6, 6.07) is 0. The quantitative estimate of drug-likeness (QED) is 0.338. The van der Waals surface area contributed by atoms with Crippen LogP contribution in [0.15, 0.2) is 12.7 Å². The number of ether oxygens (including phenoxy) is 1. The minimum atomic E-state index is -1.54. The number of carbonyl (C=O) groups excluding carboxylic acids is 1. The van der Waals surface area contributed by atoms with Crippen molar-refractivity contribution in [2.45, 2.75) is 30.4 Å². The number of hydrogen-bond acceptors (Lipinski definition) is 3. The molecule has 0 aliphatic heterocycles. The first-order valence-corrected chi connectivity index (χ1v) is 4.66. The maximum atomic E-state index is 10.9. The maximum Gasteiger partial charge on any atom is 0.341 e. The lowest BCUT2D eigenvalue weighted by Gasteiger charge is -2.25. The average molecular weight is 227 g/mol. The molecule has 0 spiro atoms. The molecule has 0 aliphatic rings. The predicted molar refractivity (Wildman–Crippen MR) is 51.6 cm³/mol. The second kappa shape index (κ2) is 5.47. The Morgan fingerprint density at radius 1 is 1.77 bits per heavy atom. The molecule has 0 amide bonds. The highest BCUT2D eigenvalue weighted by Crippen LogP contribution is 2.19. The molecule has 5 heteroatoms. The van der Waals surface area contributed by atoms with Gasteiger partial charge in [-0.2, -0.15) is 0 Å². The van der Waals surface area contributed by atoms with Crippen molar-refractivity contribution in [3.63, 3.8) is 0 Å². The van der Waals surface area contributed by atoms with Gasteiger partial charge in [0, 0.05) is 12.8 Å². The Balaban J connectivity index is 4.26. The number of aliphatic hydroxyl groups is 1. The summed E-state index contributed by atoms with van der Waals surface area (Å²) in [7, 11) is 0. The number of carbonyl (C=O) groups is 1. The van der Waals surface area contributed by atoms with E-state index < -0.39 is 16.6 Å². The summed E-state index contributed by atoms with van der Waals surface area (Å²) in [6.07, 6.45) is 1.86. The van der Waals surface area contributed by atoms with Crippen LogP contribution in [0.2, 0.25) is 0 Å². The Morgan fingerprint density at radius 3 is 2.62 bits per heavy atom. The van der Waals surface area contributed by atoms with Crippen LogP contribution in [0, 0.1) is 0 Å².